The summed E-state index contributed by atoms with van der Waals surface area (Å²) in [5.41, 5.74) is 0. The van der Waals surface area contributed by atoms with Crippen molar-refractivity contribution in [3.63, 3.8) is 0 Å². The van der Waals surface area contributed by atoms with Crippen LogP contribution < -0.4 is 5.30 Å². The lowest BCUT2D eigenvalue weighted by Crippen LogP contribution is -2.08. The Hall–Kier alpha value is -0.880. The number of carbonyl (C=O) groups is 1. The third-order valence-corrected chi connectivity index (χ3v) is 3.49. The molecule has 1 aromatic rings. The average Bonchev–Trinajstić information content (AvgIpc) is 2.05. The van der Waals surface area contributed by atoms with E-state index in [4.69, 9.17) is 5.11 Å². The largest absolute Gasteiger partial charge is 0.481 e. The van der Waals surface area contributed by atoms with Crippen molar-refractivity contribution < 1.29 is 9.90 Å². The minimum atomic E-state index is -0.715. The second-order valence-electron chi connectivity index (χ2n) is 2.59. The molecule has 1 atom stereocenters. The normalized spacial score (nSPS) is 12.4. The molecule has 1 unspecified atom stereocenters. The van der Waals surface area contributed by atoms with Gasteiger partial charge in [-0.3, -0.25) is 4.79 Å². The standard InChI is InChI=1S/C9H11O2P/c1-12(7-9(10)11)8-5-3-2-4-6-8/h2-6H,7H2,1H3,(H,10,11). The van der Waals surface area contributed by atoms with E-state index in [0.29, 0.717) is 0 Å². The highest BCUT2D eigenvalue weighted by atomic mass is 31.1. The van der Waals surface area contributed by atoms with Crippen LogP contribution in [0.25, 0.3) is 0 Å². The maximum absolute atomic E-state index is 10.4. The highest BCUT2D eigenvalue weighted by molar-refractivity contribution is 7.65. The summed E-state index contributed by atoms with van der Waals surface area (Å²) >= 11 is 0. The number of carboxylic acids is 1. The van der Waals surface area contributed by atoms with Gasteiger partial charge in [0, 0.05) is 0 Å². The van der Waals surface area contributed by atoms with Gasteiger partial charge < -0.3 is 5.11 Å². The van der Waals surface area contributed by atoms with Crippen molar-refractivity contribution in [1.29, 1.82) is 0 Å². The Kier molecular flexibility index (Phi) is 3.24. The van der Waals surface area contributed by atoms with Crippen LogP contribution in [0, 0.1) is 0 Å². The first-order chi connectivity index (χ1) is 5.70. The number of aliphatic carboxylic acids is 1. The molecule has 12 heavy (non-hydrogen) atoms. The number of rotatable bonds is 3. The van der Waals surface area contributed by atoms with Crippen LogP contribution in [0.1, 0.15) is 0 Å². The van der Waals surface area contributed by atoms with Crippen LogP contribution in [-0.2, 0) is 4.79 Å². The van der Waals surface area contributed by atoms with E-state index in [0.717, 1.165) is 5.30 Å². The molecule has 0 radical (unpaired) electrons. The van der Waals surface area contributed by atoms with E-state index in [2.05, 4.69) is 0 Å². The summed E-state index contributed by atoms with van der Waals surface area (Å²) in [5, 5.41) is 9.71. The van der Waals surface area contributed by atoms with Crippen LogP contribution in [0.15, 0.2) is 30.3 Å². The van der Waals surface area contributed by atoms with Crippen molar-refractivity contribution in [1.82, 2.24) is 0 Å². The summed E-state index contributed by atoms with van der Waals surface area (Å²) < 4.78 is 0. The minimum absolute atomic E-state index is 0.263. The first-order valence-electron chi connectivity index (χ1n) is 3.68. The molecule has 3 heteroatoms. The second kappa shape index (κ2) is 4.22. The van der Waals surface area contributed by atoms with Crippen molar-refractivity contribution in [3.05, 3.63) is 30.3 Å². The average molecular weight is 182 g/mol. The van der Waals surface area contributed by atoms with E-state index >= 15 is 0 Å². The molecule has 0 aliphatic rings. The van der Waals surface area contributed by atoms with E-state index in [1.807, 2.05) is 37.0 Å². The maximum Gasteiger partial charge on any atom is 0.308 e. The Balaban J connectivity index is 2.65. The quantitative estimate of drug-likeness (QED) is 0.719. The van der Waals surface area contributed by atoms with Gasteiger partial charge in [0.25, 0.3) is 0 Å². The van der Waals surface area contributed by atoms with Crippen molar-refractivity contribution in [3.8, 4) is 0 Å². The van der Waals surface area contributed by atoms with Gasteiger partial charge in [0.2, 0.25) is 0 Å². The fourth-order valence-electron chi connectivity index (χ4n) is 0.977. The summed E-state index contributed by atoms with van der Waals surface area (Å²) in [6.07, 6.45) is 0.263. The van der Waals surface area contributed by atoms with Gasteiger partial charge in [0.1, 0.15) is 0 Å². The first kappa shape index (κ1) is 9.21. The molecule has 64 valence electrons. The molecule has 0 fully saturated rings. The van der Waals surface area contributed by atoms with Crippen LogP contribution in [0.3, 0.4) is 0 Å². The lowest BCUT2D eigenvalue weighted by atomic mass is 10.4. The van der Waals surface area contributed by atoms with Gasteiger partial charge in [-0.05, 0) is 12.0 Å². The molecule has 0 saturated carbocycles. The van der Waals surface area contributed by atoms with E-state index in [9.17, 15) is 4.79 Å². The monoisotopic (exact) mass is 182 g/mol. The fourth-order valence-corrected chi connectivity index (χ4v) is 2.25. The molecule has 0 aromatic heterocycles. The number of hydrogen-bond donors (Lipinski definition) is 1. The molecule has 2 nitrogen and oxygen atoms in total. The highest BCUT2D eigenvalue weighted by Gasteiger charge is 2.07. The predicted molar refractivity (Wildman–Crippen MR) is 51.4 cm³/mol. The van der Waals surface area contributed by atoms with E-state index in [1.54, 1.807) is 0 Å². The Bertz CT molecular complexity index is 258. The third kappa shape index (κ3) is 2.63. The number of benzene rings is 1. The highest BCUT2D eigenvalue weighted by Crippen LogP contribution is 2.28. The Labute approximate surface area is 73.0 Å². The molecular weight excluding hydrogens is 171 g/mol. The third-order valence-electron chi connectivity index (χ3n) is 1.57. The predicted octanol–water partition coefficient (Wildman–Crippen LogP) is 1.51. The molecule has 0 heterocycles. The molecule has 0 aliphatic carbocycles. The van der Waals surface area contributed by atoms with Crippen LogP contribution >= 0.6 is 7.92 Å². The first-order valence-corrected chi connectivity index (χ1v) is 5.65. The molecule has 0 aliphatic heterocycles. The van der Waals surface area contributed by atoms with E-state index in [1.165, 1.54) is 0 Å². The van der Waals surface area contributed by atoms with Gasteiger partial charge in [0.05, 0.1) is 6.16 Å². The van der Waals surface area contributed by atoms with Crippen LogP contribution in [0.5, 0.6) is 0 Å². The van der Waals surface area contributed by atoms with E-state index in [-0.39, 0.29) is 6.16 Å². The van der Waals surface area contributed by atoms with Crippen LogP contribution in [0.2, 0.25) is 0 Å². The summed E-state index contributed by atoms with van der Waals surface area (Å²) in [6, 6.07) is 9.78. The van der Waals surface area contributed by atoms with Crippen LogP contribution in [-0.4, -0.2) is 23.9 Å². The maximum atomic E-state index is 10.4. The molecule has 0 amide bonds. The second-order valence-corrected chi connectivity index (χ2v) is 4.81. The van der Waals surface area contributed by atoms with Crippen molar-refractivity contribution in [2.24, 2.45) is 0 Å². The van der Waals surface area contributed by atoms with Crippen LogP contribution in [0.4, 0.5) is 0 Å². The number of hydrogen-bond acceptors (Lipinski definition) is 1. The zero-order valence-electron chi connectivity index (χ0n) is 6.90. The Morgan fingerprint density at radius 2 is 2.00 bits per heavy atom. The zero-order valence-corrected chi connectivity index (χ0v) is 7.79. The summed E-state index contributed by atoms with van der Waals surface area (Å²) in [5.74, 6) is -0.715. The molecule has 1 rings (SSSR count). The number of carboxylic acid groups (broad SMARTS) is 1. The smallest absolute Gasteiger partial charge is 0.308 e. The Morgan fingerprint density at radius 3 is 2.50 bits per heavy atom. The lowest BCUT2D eigenvalue weighted by molar-refractivity contribution is -0.134. The SMILES string of the molecule is CP(CC(=O)O)c1ccccc1. The van der Waals surface area contributed by atoms with Gasteiger partial charge in [-0.25, -0.2) is 0 Å². The van der Waals surface area contributed by atoms with Crippen molar-refractivity contribution >= 4 is 19.2 Å². The molecule has 0 spiro atoms. The summed E-state index contributed by atoms with van der Waals surface area (Å²) in [4.78, 5) is 10.4. The molecule has 0 bridgehead atoms. The summed E-state index contributed by atoms with van der Waals surface area (Å²) in [6.45, 7) is 1.98. The van der Waals surface area contributed by atoms with Crippen molar-refractivity contribution in [2.45, 2.75) is 0 Å². The molecule has 1 aromatic carbocycles. The van der Waals surface area contributed by atoms with Gasteiger partial charge in [-0.15, -0.1) is 0 Å². The van der Waals surface area contributed by atoms with E-state index < -0.39 is 13.9 Å². The molecule has 1 N–H and O–H groups in total. The zero-order chi connectivity index (χ0) is 8.97. The van der Waals surface area contributed by atoms with Gasteiger partial charge >= 0.3 is 5.97 Å². The van der Waals surface area contributed by atoms with Gasteiger partial charge in [-0.1, -0.05) is 38.3 Å². The van der Waals surface area contributed by atoms with Gasteiger partial charge in [-0.2, -0.15) is 0 Å². The van der Waals surface area contributed by atoms with Gasteiger partial charge in [0.15, 0.2) is 0 Å². The molecule has 0 saturated heterocycles. The van der Waals surface area contributed by atoms with Crippen molar-refractivity contribution in [2.75, 3.05) is 12.8 Å². The molecular formula is C9H11O2P. The lowest BCUT2D eigenvalue weighted by Gasteiger charge is -2.08. The topological polar surface area (TPSA) is 37.3 Å². The summed E-state index contributed by atoms with van der Waals surface area (Å²) in [7, 11) is -0.515. The minimum Gasteiger partial charge on any atom is -0.481 e. The fraction of sp³-hybridized carbons (Fsp3) is 0.222. The Morgan fingerprint density at radius 1 is 1.42 bits per heavy atom.